The van der Waals surface area contributed by atoms with Crippen LogP contribution in [0.3, 0.4) is 0 Å². The normalized spacial score (nSPS) is 16.8. The standard InChI is InChI=1S/C19H19NO4/c1-11-8-14-10-16(24-15(14)9-12(11)2)18(21)20-17(19(22)23)13-6-4-3-5-7-13/h3-9,16-17H,10H2,1-2H3,(H,20,21)(H,22,23)/t16?,17-/m1/s1. The van der Waals surface area contributed by atoms with Crippen molar-refractivity contribution in [2.24, 2.45) is 0 Å². The number of amides is 1. The summed E-state index contributed by atoms with van der Waals surface area (Å²) >= 11 is 0. The van der Waals surface area contributed by atoms with Crippen molar-refractivity contribution >= 4 is 11.9 Å². The first-order chi connectivity index (χ1) is 11.5. The number of carbonyl (C=O) groups excluding carboxylic acids is 1. The average molecular weight is 325 g/mol. The Bertz CT molecular complexity index is 754. The van der Waals surface area contributed by atoms with Gasteiger partial charge in [-0.2, -0.15) is 0 Å². The van der Waals surface area contributed by atoms with Crippen molar-refractivity contribution in [3.63, 3.8) is 0 Å². The molecule has 2 N–H and O–H groups in total. The minimum atomic E-state index is -1.10. The van der Waals surface area contributed by atoms with E-state index in [1.54, 1.807) is 30.3 Å². The number of aliphatic carboxylic acids is 1. The van der Waals surface area contributed by atoms with Crippen LogP contribution < -0.4 is 10.1 Å². The van der Waals surface area contributed by atoms with Crippen LogP contribution in [0.15, 0.2) is 42.5 Å². The minimum Gasteiger partial charge on any atom is -0.480 e. The summed E-state index contributed by atoms with van der Waals surface area (Å²) in [5, 5.41) is 12.0. The number of carbonyl (C=O) groups is 2. The summed E-state index contributed by atoms with van der Waals surface area (Å²) in [6, 6.07) is 11.5. The van der Waals surface area contributed by atoms with Crippen LogP contribution in [0.1, 0.15) is 28.3 Å². The highest BCUT2D eigenvalue weighted by Gasteiger charge is 2.32. The number of nitrogens with one attached hydrogen (secondary N) is 1. The summed E-state index contributed by atoms with van der Waals surface area (Å²) in [6.45, 7) is 4.00. The molecule has 3 rings (SSSR count). The van der Waals surface area contributed by atoms with E-state index >= 15 is 0 Å². The van der Waals surface area contributed by atoms with E-state index in [-0.39, 0.29) is 0 Å². The summed E-state index contributed by atoms with van der Waals surface area (Å²) < 4.78 is 5.72. The van der Waals surface area contributed by atoms with Crippen LogP contribution in [0, 0.1) is 13.8 Å². The molecule has 1 amide bonds. The molecule has 124 valence electrons. The van der Waals surface area contributed by atoms with Crippen LogP contribution in [0.2, 0.25) is 0 Å². The first kappa shape index (κ1) is 16.1. The molecular weight excluding hydrogens is 306 g/mol. The SMILES string of the molecule is Cc1cc2c(cc1C)OC(C(=O)N[C@@H](C(=O)O)c1ccccc1)C2. The Labute approximate surface area is 140 Å². The molecule has 1 aliphatic heterocycles. The van der Waals surface area contributed by atoms with Gasteiger partial charge in [0.05, 0.1) is 0 Å². The van der Waals surface area contributed by atoms with Gasteiger partial charge in [-0.3, -0.25) is 4.79 Å². The number of ether oxygens (including phenoxy) is 1. The number of rotatable bonds is 4. The van der Waals surface area contributed by atoms with Gasteiger partial charge in [0.2, 0.25) is 0 Å². The number of fused-ring (bicyclic) bond motifs is 1. The first-order valence-corrected chi connectivity index (χ1v) is 7.80. The molecule has 0 bridgehead atoms. The lowest BCUT2D eigenvalue weighted by Gasteiger charge is -2.17. The van der Waals surface area contributed by atoms with E-state index in [9.17, 15) is 14.7 Å². The zero-order valence-electron chi connectivity index (χ0n) is 13.6. The second kappa shape index (κ2) is 6.35. The third kappa shape index (κ3) is 3.11. The third-order valence-electron chi connectivity index (χ3n) is 4.31. The number of hydrogen-bond acceptors (Lipinski definition) is 3. The Kier molecular flexibility index (Phi) is 4.25. The Hall–Kier alpha value is -2.82. The summed E-state index contributed by atoms with van der Waals surface area (Å²) in [5.74, 6) is -0.820. The molecule has 1 unspecified atom stereocenters. The van der Waals surface area contributed by atoms with Gasteiger partial charge in [0, 0.05) is 6.42 Å². The monoisotopic (exact) mass is 325 g/mol. The van der Waals surface area contributed by atoms with Gasteiger partial charge < -0.3 is 15.2 Å². The predicted molar refractivity (Wildman–Crippen MR) is 89.0 cm³/mol. The van der Waals surface area contributed by atoms with Crippen LogP contribution in [-0.2, 0) is 16.0 Å². The fourth-order valence-electron chi connectivity index (χ4n) is 2.83. The molecule has 2 aromatic rings. The zero-order chi connectivity index (χ0) is 17.3. The van der Waals surface area contributed by atoms with Gasteiger partial charge in [-0.05, 0) is 42.2 Å². The fourth-order valence-corrected chi connectivity index (χ4v) is 2.83. The van der Waals surface area contributed by atoms with Crippen molar-refractivity contribution in [3.05, 3.63) is 64.7 Å². The van der Waals surface area contributed by atoms with Crippen molar-refractivity contribution in [1.82, 2.24) is 5.32 Å². The maximum absolute atomic E-state index is 12.5. The third-order valence-corrected chi connectivity index (χ3v) is 4.31. The molecule has 0 saturated heterocycles. The van der Waals surface area contributed by atoms with Crippen LogP contribution in [0.25, 0.3) is 0 Å². The molecule has 1 aliphatic rings. The van der Waals surface area contributed by atoms with E-state index in [1.807, 2.05) is 26.0 Å². The van der Waals surface area contributed by atoms with Crippen LogP contribution in [0.5, 0.6) is 5.75 Å². The van der Waals surface area contributed by atoms with Crippen molar-refractivity contribution < 1.29 is 19.4 Å². The van der Waals surface area contributed by atoms with Crippen molar-refractivity contribution in [2.75, 3.05) is 0 Å². The average Bonchev–Trinajstić information content (AvgIpc) is 2.96. The Balaban J connectivity index is 1.74. The van der Waals surface area contributed by atoms with E-state index in [1.165, 1.54) is 0 Å². The largest absolute Gasteiger partial charge is 0.480 e. The van der Waals surface area contributed by atoms with E-state index in [0.29, 0.717) is 17.7 Å². The van der Waals surface area contributed by atoms with Crippen molar-refractivity contribution in [3.8, 4) is 5.75 Å². The van der Waals surface area contributed by atoms with E-state index in [2.05, 4.69) is 5.32 Å². The second-order valence-electron chi connectivity index (χ2n) is 6.05. The van der Waals surface area contributed by atoms with Gasteiger partial charge in [0.25, 0.3) is 5.91 Å². The smallest absolute Gasteiger partial charge is 0.330 e. The summed E-state index contributed by atoms with van der Waals surface area (Å²) in [7, 11) is 0. The predicted octanol–water partition coefficient (Wildman–Crippen LogP) is 2.55. The van der Waals surface area contributed by atoms with E-state index < -0.39 is 24.0 Å². The molecular formula is C19H19NO4. The lowest BCUT2D eigenvalue weighted by molar-refractivity contribution is -0.143. The number of carboxylic acid groups (broad SMARTS) is 1. The fraction of sp³-hybridized carbons (Fsp3) is 0.263. The first-order valence-electron chi connectivity index (χ1n) is 7.80. The van der Waals surface area contributed by atoms with Gasteiger partial charge in [-0.25, -0.2) is 4.79 Å². The molecule has 0 aromatic heterocycles. The van der Waals surface area contributed by atoms with Gasteiger partial charge in [-0.15, -0.1) is 0 Å². The molecule has 0 spiro atoms. The highest BCUT2D eigenvalue weighted by molar-refractivity contribution is 5.88. The van der Waals surface area contributed by atoms with Crippen molar-refractivity contribution in [2.45, 2.75) is 32.4 Å². The maximum atomic E-state index is 12.5. The van der Waals surface area contributed by atoms with Gasteiger partial charge in [0.15, 0.2) is 12.1 Å². The molecule has 0 aliphatic carbocycles. The van der Waals surface area contributed by atoms with Crippen LogP contribution >= 0.6 is 0 Å². The molecule has 0 radical (unpaired) electrons. The lowest BCUT2D eigenvalue weighted by atomic mass is 10.0. The number of benzene rings is 2. The van der Waals surface area contributed by atoms with Crippen molar-refractivity contribution in [1.29, 1.82) is 0 Å². The number of hydrogen-bond donors (Lipinski definition) is 2. The lowest BCUT2D eigenvalue weighted by Crippen LogP contribution is -2.42. The van der Waals surface area contributed by atoms with E-state index in [0.717, 1.165) is 16.7 Å². The quantitative estimate of drug-likeness (QED) is 0.906. The summed E-state index contributed by atoms with van der Waals surface area (Å²) in [6.07, 6.45) is -0.254. The molecule has 0 saturated carbocycles. The Morgan fingerprint density at radius 1 is 1.17 bits per heavy atom. The van der Waals surface area contributed by atoms with Gasteiger partial charge in [0.1, 0.15) is 5.75 Å². The minimum absolute atomic E-state index is 0.419. The molecule has 5 heteroatoms. The summed E-state index contributed by atoms with van der Waals surface area (Å²) in [4.78, 5) is 24.0. The zero-order valence-corrected chi connectivity index (χ0v) is 13.6. The highest BCUT2D eigenvalue weighted by Crippen LogP contribution is 2.31. The molecule has 2 atom stereocenters. The van der Waals surface area contributed by atoms with Gasteiger partial charge >= 0.3 is 5.97 Å². The Morgan fingerprint density at radius 2 is 1.83 bits per heavy atom. The summed E-state index contributed by atoms with van der Waals surface area (Å²) in [5.41, 5.74) is 3.75. The highest BCUT2D eigenvalue weighted by atomic mass is 16.5. The second-order valence-corrected chi connectivity index (χ2v) is 6.05. The molecule has 1 heterocycles. The van der Waals surface area contributed by atoms with Crippen LogP contribution in [0.4, 0.5) is 0 Å². The Morgan fingerprint density at radius 3 is 2.50 bits per heavy atom. The molecule has 2 aromatic carbocycles. The van der Waals surface area contributed by atoms with Gasteiger partial charge in [-0.1, -0.05) is 36.4 Å². The number of aryl methyl sites for hydroxylation is 2. The molecule has 5 nitrogen and oxygen atoms in total. The maximum Gasteiger partial charge on any atom is 0.330 e. The molecule has 24 heavy (non-hydrogen) atoms. The van der Waals surface area contributed by atoms with E-state index in [4.69, 9.17) is 4.74 Å². The van der Waals surface area contributed by atoms with Crippen LogP contribution in [-0.4, -0.2) is 23.1 Å². The number of carboxylic acids is 1. The topological polar surface area (TPSA) is 75.6 Å². The molecule has 0 fully saturated rings.